The third kappa shape index (κ3) is 3.79. The van der Waals surface area contributed by atoms with E-state index in [2.05, 4.69) is 31.0 Å². The van der Waals surface area contributed by atoms with Crippen molar-refractivity contribution < 1.29 is 19.4 Å². The van der Waals surface area contributed by atoms with Crippen molar-refractivity contribution in [2.24, 2.45) is 0 Å². The van der Waals surface area contributed by atoms with Gasteiger partial charge in [0.25, 0.3) is 5.91 Å². The van der Waals surface area contributed by atoms with E-state index in [1.807, 2.05) is 0 Å². The van der Waals surface area contributed by atoms with Crippen molar-refractivity contribution in [3.8, 4) is 0 Å². The SMILES string of the molecule is COC(=O)C(O)CNC(=O)c1ncccc1Br. The van der Waals surface area contributed by atoms with Crippen molar-refractivity contribution in [1.29, 1.82) is 0 Å². The Kier molecular flexibility index (Phi) is 5.05. The Balaban J connectivity index is 2.57. The van der Waals surface area contributed by atoms with Crippen LogP contribution in [0.25, 0.3) is 0 Å². The summed E-state index contributed by atoms with van der Waals surface area (Å²) >= 11 is 3.17. The molecular formula is C10H11BrN2O4. The van der Waals surface area contributed by atoms with Gasteiger partial charge in [-0.05, 0) is 28.1 Å². The minimum Gasteiger partial charge on any atom is -0.467 e. The highest BCUT2D eigenvalue weighted by Crippen LogP contribution is 2.12. The quantitative estimate of drug-likeness (QED) is 0.771. The molecule has 0 aliphatic carbocycles. The smallest absolute Gasteiger partial charge is 0.336 e. The highest BCUT2D eigenvalue weighted by molar-refractivity contribution is 9.10. The average Bonchev–Trinajstić information content (AvgIpc) is 2.35. The van der Waals surface area contributed by atoms with Gasteiger partial charge in [0.05, 0.1) is 13.7 Å². The van der Waals surface area contributed by atoms with Crippen LogP contribution in [0, 0.1) is 0 Å². The lowest BCUT2D eigenvalue weighted by atomic mass is 10.3. The van der Waals surface area contributed by atoms with Gasteiger partial charge in [-0.3, -0.25) is 4.79 Å². The fraction of sp³-hybridized carbons (Fsp3) is 0.300. The Morgan fingerprint density at radius 2 is 2.35 bits per heavy atom. The molecule has 0 aliphatic rings. The summed E-state index contributed by atoms with van der Waals surface area (Å²) in [6, 6.07) is 3.34. The highest BCUT2D eigenvalue weighted by atomic mass is 79.9. The van der Waals surface area contributed by atoms with Crippen molar-refractivity contribution in [1.82, 2.24) is 10.3 Å². The van der Waals surface area contributed by atoms with Gasteiger partial charge in [-0.1, -0.05) is 0 Å². The average molecular weight is 303 g/mol. The third-order valence-electron chi connectivity index (χ3n) is 1.90. The molecule has 1 atom stereocenters. The number of esters is 1. The van der Waals surface area contributed by atoms with Gasteiger partial charge in [-0.2, -0.15) is 0 Å². The lowest BCUT2D eigenvalue weighted by Gasteiger charge is -2.09. The van der Waals surface area contributed by atoms with E-state index >= 15 is 0 Å². The van der Waals surface area contributed by atoms with Crippen LogP contribution in [0.5, 0.6) is 0 Å². The zero-order valence-electron chi connectivity index (χ0n) is 9.01. The number of nitrogens with one attached hydrogen (secondary N) is 1. The zero-order chi connectivity index (χ0) is 12.8. The van der Waals surface area contributed by atoms with E-state index in [4.69, 9.17) is 0 Å². The summed E-state index contributed by atoms with van der Waals surface area (Å²) in [6.45, 7) is -0.228. The molecule has 0 saturated carbocycles. The summed E-state index contributed by atoms with van der Waals surface area (Å²) in [6.07, 6.45) is 0.0857. The highest BCUT2D eigenvalue weighted by Gasteiger charge is 2.18. The predicted molar refractivity (Wildman–Crippen MR) is 62.3 cm³/mol. The molecule has 0 spiro atoms. The minimum atomic E-state index is -1.38. The Morgan fingerprint density at radius 3 is 2.94 bits per heavy atom. The van der Waals surface area contributed by atoms with Crippen molar-refractivity contribution in [2.45, 2.75) is 6.10 Å². The van der Waals surface area contributed by atoms with Crippen LogP contribution in [0.4, 0.5) is 0 Å². The monoisotopic (exact) mass is 302 g/mol. The second kappa shape index (κ2) is 6.31. The van der Waals surface area contributed by atoms with E-state index < -0.39 is 18.0 Å². The van der Waals surface area contributed by atoms with Gasteiger partial charge in [-0.15, -0.1) is 0 Å². The number of rotatable bonds is 4. The first-order chi connectivity index (χ1) is 8.06. The molecule has 1 aromatic heterocycles. The predicted octanol–water partition coefficient (Wildman–Crippen LogP) is 0.108. The van der Waals surface area contributed by atoms with Crippen LogP contribution in [0.15, 0.2) is 22.8 Å². The number of nitrogens with zero attached hydrogens (tertiary/aromatic N) is 1. The first-order valence-corrected chi connectivity index (χ1v) is 5.50. The number of hydrogen-bond donors (Lipinski definition) is 2. The van der Waals surface area contributed by atoms with Crippen LogP contribution in [-0.4, -0.2) is 41.7 Å². The van der Waals surface area contributed by atoms with Crippen LogP contribution in [0.3, 0.4) is 0 Å². The lowest BCUT2D eigenvalue weighted by molar-refractivity contribution is -0.149. The van der Waals surface area contributed by atoms with Crippen LogP contribution >= 0.6 is 15.9 Å². The first-order valence-electron chi connectivity index (χ1n) is 4.71. The molecule has 0 saturated heterocycles. The van der Waals surface area contributed by atoms with Gasteiger partial charge in [0, 0.05) is 10.7 Å². The van der Waals surface area contributed by atoms with Gasteiger partial charge in [-0.25, -0.2) is 9.78 Å². The molecule has 1 aromatic rings. The summed E-state index contributed by atoms with van der Waals surface area (Å²) in [5.74, 6) is -1.29. The molecular weight excluding hydrogens is 292 g/mol. The van der Waals surface area contributed by atoms with E-state index in [-0.39, 0.29) is 12.2 Å². The van der Waals surface area contributed by atoms with Gasteiger partial charge in [0.2, 0.25) is 0 Å². The summed E-state index contributed by atoms with van der Waals surface area (Å²) in [7, 11) is 1.16. The van der Waals surface area contributed by atoms with Crippen LogP contribution in [-0.2, 0) is 9.53 Å². The Bertz CT molecular complexity index is 425. The summed E-state index contributed by atoms with van der Waals surface area (Å²) < 4.78 is 4.84. The lowest BCUT2D eigenvalue weighted by Crippen LogP contribution is -2.37. The van der Waals surface area contributed by atoms with Gasteiger partial charge < -0.3 is 15.2 Å². The van der Waals surface area contributed by atoms with Crippen LogP contribution < -0.4 is 5.32 Å². The van der Waals surface area contributed by atoms with E-state index in [0.29, 0.717) is 4.47 Å². The van der Waals surface area contributed by atoms with Crippen LogP contribution in [0.1, 0.15) is 10.5 Å². The number of pyridine rings is 1. The number of hydrogen-bond acceptors (Lipinski definition) is 5. The Hall–Kier alpha value is -1.47. The zero-order valence-corrected chi connectivity index (χ0v) is 10.6. The number of aromatic nitrogens is 1. The number of amides is 1. The number of carbonyl (C=O) groups excluding carboxylic acids is 2. The third-order valence-corrected chi connectivity index (χ3v) is 2.54. The van der Waals surface area contributed by atoms with E-state index in [9.17, 15) is 14.7 Å². The molecule has 17 heavy (non-hydrogen) atoms. The number of aliphatic hydroxyl groups excluding tert-OH is 1. The molecule has 0 fully saturated rings. The maximum Gasteiger partial charge on any atom is 0.336 e. The number of carbonyl (C=O) groups is 2. The molecule has 2 N–H and O–H groups in total. The maximum absolute atomic E-state index is 11.6. The normalized spacial score (nSPS) is 11.7. The molecule has 0 aliphatic heterocycles. The van der Waals surface area contributed by atoms with Gasteiger partial charge >= 0.3 is 5.97 Å². The molecule has 1 heterocycles. The number of methoxy groups -OCH3 is 1. The Morgan fingerprint density at radius 1 is 1.65 bits per heavy atom. The van der Waals surface area contributed by atoms with Gasteiger partial charge in [0.1, 0.15) is 5.69 Å². The van der Waals surface area contributed by atoms with E-state index in [1.54, 1.807) is 12.1 Å². The maximum atomic E-state index is 11.6. The molecule has 0 radical (unpaired) electrons. The minimum absolute atomic E-state index is 0.185. The molecule has 7 heteroatoms. The second-order valence-electron chi connectivity index (χ2n) is 3.08. The van der Waals surface area contributed by atoms with E-state index in [1.165, 1.54) is 6.20 Å². The molecule has 1 unspecified atom stereocenters. The fourth-order valence-electron chi connectivity index (χ4n) is 1.05. The van der Waals surface area contributed by atoms with Crippen LogP contribution in [0.2, 0.25) is 0 Å². The number of ether oxygens (including phenoxy) is 1. The summed E-state index contributed by atoms with van der Waals surface area (Å²) in [5, 5.41) is 11.6. The Labute approximate surface area is 106 Å². The van der Waals surface area contributed by atoms with Crippen molar-refractivity contribution in [2.75, 3.05) is 13.7 Å². The molecule has 0 aromatic carbocycles. The fourth-order valence-corrected chi connectivity index (χ4v) is 1.48. The second-order valence-corrected chi connectivity index (χ2v) is 3.94. The topological polar surface area (TPSA) is 88.5 Å². The standard InChI is InChI=1S/C10H11BrN2O4/c1-17-10(16)7(14)5-13-9(15)8-6(11)3-2-4-12-8/h2-4,7,14H,5H2,1H3,(H,13,15). The molecule has 0 bridgehead atoms. The summed E-state index contributed by atoms with van der Waals surface area (Å²) in [4.78, 5) is 26.4. The first kappa shape index (κ1) is 13.6. The number of aliphatic hydroxyl groups is 1. The molecule has 6 nitrogen and oxygen atoms in total. The summed E-state index contributed by atoms with van der Waals surface area (Å²) in [5.41, 5.74) is 0.185. The van der Waals surface area contributed by atoms with Gasteiger partial charge in [0.15, 0.2) is 6.10 Å². The molecule has 1 rings (SSSR count). The van der Waals surface area contributed by atoms with Crippen molar-refractivity contribution in [3.05, 3.63) is 28.5 Å². The molecule has 92 valence electrons. The largest absolute Gasteiger partial charge is 0.467 e. The molecule has 1 amide bonds. The van der Waals surface area contributed by atoms with Crippen molar-refractivity contribution in [3.63, 3.8) is 0 Å². The van der Waals surface area contributed by atoms with E-state index in [0.717, 1.165) is 7.11 Å². The van der Waals surface area contributed by atoms with Crippen molar-refractivity contribution >= 4 is 27.8 Å². The number of halogens is 1.